The summed E-state index contributed by atoms with van der Waals surface area (Å²) in [5, 5.41) is 7.50. The zero-order chi connectivity index (χ0) is 26.6. The lowest BCUT2D eigenvalue weighted by Crippen LogP contribution is -2.38. The lowest BCUT2D eigenvalue weighted by Gasteiger charge is -2.25. The van der Waals surface area contributed by atoms with E-state index in [0.29, 0.717) is 33.6 Å². The van der Waals surface area contributed by atoms with Gasteiger partial charge in [-0.2, -0.15) is 0 Å². The number of pyridine rings is 1. The third-order valence-corrected chi connectivity index (χ3v) is 6.42. The quantitative estimate of drug-likeness (QED) is 0.283. The van der Waals surface area contributed by atoms with Crippen molar-refractivity contribution in [3.05, 3.63) is 105 Å². The number of aromatic nitrogens is 1. The van der Waals surface area contributed by atoms with E-state index in [9.17, 15) is 9.59 Å². The molecule has 0 radical (unpaired) electrons. The predicted molar refractivity (Wildman–Crippen MR) is 150 cm³/mol. The van der Waals surface area contributed by atoms with Crippen LogP contribution < -0.4 is 20.9 Å². The van der Waals surface area contributed by atoms with Crippen LogP contribution >= 0.6 is 11.6 Å². The smallest absolute Gasteiger partial charge is 0.408 e. The molecule has 1 aromatic heterocycles. The van der Waals surface area contributed by atoms with Crippen LogP contribution in [0.15, 0.2) is 83.7 Å². The van der Waals surface area contributed by atoms with Gasteiger partial charge in [0.15, 0.2) is 5.75 Å². The Bertz CT molecular complexity index is 1440. The summed E-state index contributed by atoms with van der Waals surface area (Å²) in [5.74, 6) is 0.290. The van der Waals surface area contributed by atoms with Crippen LogP contribution in [-0.4, -0.2) is 16.2 Å². The third kappa shape index (κ3) is 6.04. The van der Waals surface area contributed by atoms with Crippen LogP contribution in [0.4, 0.5) is 4.79 Å². The first kappa shape index (κ1) is 26.5. The second-order valence-electron chi connectivity index (χ2n) is 9.92. The second kappa shape index (κ2) is 11.2. The molecular formula is C30H32ClN3O3. The summed E-state index contributed by atoms with van der Waals surface area (Å²) in [6, 6.07) is 24.0. The van der Waals surface area contributed by atoms with Gasteiger partial charge in [0.25, 0.3) is 5.56 Å². The molecule has 0 spiro atoms. The maximum atomic E-state index is 13.8. The molecule has 0 saturated heterocycles. The summed E-state index contributed by atoms with van der Waals surface area (Å²) in [5.41, 5.74) is 1.64. The number of ether oxygens (including phenoxy) is 1. The Kier molecular flexibility index (Phi) is 8.00. The first-order chi connectivity index (χ1) is 17.7. The molecule has 0 fully saturated rings. The summed E-state index contributed by atoms with van der Waals surface area (Å²) >= 11 is 6.53. The van der Waals surface area contributed by atoms with Gasteiger partial charge in [0.1, 0.15) is 0 Å². The molecule has 6 nitrogen and oxygen atoms in total. The molecule has 0 unspecified atom stereocenters. The molecule has 7 heteroatoms. The van der Waals surface area contributed by atoms with Crippen LogP contribution in [0.3, 0.4) is 0 Å². The van der Waals surface area contributed by atoms with Crippen molar-refractivity contribution in [1.82, 2.24) is 15.2 Å². The Morgan fingerprint density at radius 3 is 2.24 bits per heavy atom. The maximum Gasteiger partial charge on any atom is 0.413 e. The largest absolute Gasteiger partial charge is 0.413 e. The number of nitrogens with zero attached hydrogens (tertiary/aromatic N) is 1. The molecule has 2 N–H and O–H groups in total. The Hall–Kier alpha value is -3.61. The van der Waals surface area contributed by atoms with Crippen LogP contribution in [-0.2, 0) is 6.54 Å². The number of nitrogens with one attached hydrogen (secondary N) is 2. The fourth-order valence-corrected chi connectivity index (χ4v) is 4.52. The summed E-state index contributed by atoms with van der Waals surface area (Å²) in [7, 11) is 0. The topological polar surface area (TPSA) is 72.4 Å². The number of hydrogen-bond acceptors (Lipinski definition) is 4. The van der Waals surface area contributed by atoms with E-state index >= 15 is 0 Å². The van der Waals surface area contributed by atoms with Gasteiger partial charge in [0, 0.05) is 23.2 Å². The molecular weight excluding hydrogens is 486 g/mol. The Labute approximate surface area is 222 Å². The molecule has 3 aromatic carbocycles. The highest BCUT2D eigenvalue weighted by molar-refractivity contribution is 6.35. The van der Waals surface area contributed by atoms with E-state index in [2.05, 4.69) is 10.6 Å². The van der Waals surface area contributed by atoms with E-state index < -0.39 is 6.09 Å². The minimum Gasteiger partial charge on any atom is -0.408 e. The summed E-state index contributed by atoms with van der Waals surface area (Å²) in [6.45, 7) is 8.40. The van der Waals surface area contributed by atoms with Gasteiger partial charge >= 0.3 is 6.09 Å². The monoisotopic (exact) mass is 517 g/mol. The van der Waals surface area contributed by atoms with E-state index in [4.69, 9.17) is 16.3 Å². The molecule has 0 bridgehead atoms. The molecule has 0 saturated carbocycles. The van der Waals surface area contributed by atoms with Gasteiger partial charge in [-0.25, -0.2) is 4.79 Å². The number of halogens is 1. The van der Waals surface area contributed by atoms with Crippen molar-refractivity contribution in [2.45, 2.75) is 52.2 Å². The molecule has 0 aliphatic heterocycles. The average Bonchev–Trinajstić information content (AvgIpc) is 2.88. The van der Waals surface area contributed by atoms with Crippen molar-refractivity contribution in [2.24, 2.45) is 0 Å². The normalized spacial score (nSPS) is 12.4. The van der Waals surface area contributed by atoms with Gasteiger partial charge < -0.3 is 15.4 Å². The molecule has 37 heavy (non-hydrogen) atoms. The highest BCUT2D eigenvalue weighted by Crippen LogP contribution is 2.33. The highest BCUT2D eigenvalue weighted by atomic mass is 35.5. The first-order valence-electron chi connectivity index (χ1n) is 12.4. The molecule has 4 aromatic rings. The Morgan fingerprint density at radius 1 is 0.973 bits per heavy atom. The molecule has 0 aliphatic rings. The van der Waals surface area contributed by atoms with Gasteiger partial charge in [-0.05, 0) is 51.0 Å². The van der Waals surface area contributed by atoms with Crippen molar-refractivity contribution in [1.29, 1.82) is 0 Å². The number of rotatable bonds is 7. The first-order valence-corrected chi connectivity index (χ1v) is 12.8. The van der Waals surface area contributed by atoms with Crippen LogP contribution in [0.1, 0.15) is 51.4 Å². The van der Waals surface area contributed by atoms with Crippen molar-refractivity contribution in [3.8, 4) is 11.4 Å². The third-order valence-electron chi connectivity index (χ3n) is 6.10. The molecule has 0 aliphatic carbocycles. The van der Waals surface area contributed by atoms with Crippen LogP contribution in [0.5, 0.6) is 5.75 Å². The molecule has 192 valence electrons. The number of hydrogen-bond donors (Lipinski definition) is 2. The fraction of sp³-hybridized carbons (Fsp3) is 0.267. The zero-order valence-electron chi connectivity index (χ0n) is 21.5. The SMILES string of the molecule is CC[C@H](NC(=O)Oc1c(CNC(C)(C)C)n(-c2ccccc2)c(=O)c2c(Cl)cccc12)c1ccccc1. The Morgan fingerprint density at radius 2 is 1.62 bits per heavy atom. The molecule has 1 amide bonds. The van der Waals surface area contributed by atoms with E-state index in [1.54, 1.807) is 22.8 Å². The zero-order valence-corrected chi connectivity index (χ0v) is 22.3. The van der Waals surface area contributed by atoms with Gasteiger partial charge in [-0.15, -0.1) is 0 Å². The molecule has 1 heterocycles. The lowest BCUT2D eigenvalue weighted by molar-refractivity contribution is 0.195. The Balaban J connectivity index is 1.88. The van der Waals surface area contributed by atoms with E-state index in [0.717, 1.165) is 5.56 Å². The number of carbonyl (C=O) groups excluding carboxylic acids is 1. The minimum absolute atomic E-state index is 0.222. The number of carbonyl (C=O) groups is 1. The number of benzene rings is 3. The number of para-hydroxylation sites is 1. The minimum atomic E-state index is -0.604. The molecule has 1 atom stereocenters. The average molecular weight is 518 g/mol. The maximum absolute atomic E-state index is 13.8. The summed E-state index contributed by atoms with van der Waals surface area (Å²) < 4.78 is 7.62. The van der Waals surface area contributed by atoms with Crippen molar-refractivity contribution in [2.75, 3.05) is 0 Å². The van der Waals surface area contributed by atoms with Gasteiger partial charge in [0.2, 0.25) is 0 Å². The van der Waals surface area contributed by atoms with Gasteiger partial charge in [-0.3, -0.25) is 9.36 Å². The highest BCUT2D eigenvalue weighted by Gasteiger charge is 2.25. The van der Waals surface area contributed by atoms with Crippen molar-refractivity contribution in [3.63, 3.8) is 0 Å². The summed E-state index contributed by atoms with van der Waals surface area (Å²) in [6.07, 6.45) is 0.0837. The fourth-order valence-electron chi connectivity index (χ4n) is 4.27. The van der Waals surface area contributed by atoms with Crippen LogP contribution in [0, 0.1) is 0 Å². The summed E-state index contributed by atoms with van der Waals surface area (Å²) in [4.78, 5) is 27.1. The van der Waals surface area contributed by atoms with Crippen LogP contribution in [0.25, 0.3) is 16.5 Å². The predicted octanol–water partition coefficient (Wildman–Crippen LogP) is 6.77. The van der Waals surface area contributed by atoms with Crippen molar-refractivity contribution >= 4 is 28.5 Å². The molecule has 4 rings (SSSR count). The van der Waals surface area contributed by atoms with Gasteiger partial charge in [-0.1, -0.05) is 79.2 Å². The van der Waals surface area contributed by atoms with Crippen LogP contribution in [0.2, 0.25) is 5.02 Å². The number of fused-ring (bicyclic) bond motifs is 1. The second-order valence-corrected chi connectivity index (χ2v) is 10.3. The lowest BCUT2D eigenvalue weighted by atomic mass is 10.1. The van der Waals surface area contributed by atoms with Gasteiger partial charge in [0.05, 0.1) is 22.1 Å². The van der Waals surface area contributed by atoms with Crippen molar-refractivity contribution < 1.29 is 9.53 Å². The van der Waals surface area contributed by atoms with E-state index in [-0.39, 0.29) is 29.4 Å². The van der Waals surface area contributed by atoms with E-state index in [1.165, 1.54) is 0 Å². The number of amides is 1. The standard InChI is InChI=1S/C30H32ClN3O3/c1-5-24(20-13-8-6-9-14-20)33-29(36)37-27-22-17-12-18-23(31)26(22)28(35)34(21-15-10-7-11-16-21)25(27)19-32-30(2,3)4/h6-18,24,32H,5,19H2,1-4H3,(H,33,36)/t24-/m0/s1. The van der Waals surface area contributed by atoms with E-state index in [1.807, 2.05) is 88.4 Å².